The van der Waals surface area contributed by atoms with Crippen LogP contribution in [0.2, 0.25) is 0 Å². The van der Waals surface area contributed by atoms with E-state index in [1.807, 2.05) is 13.8 Å². The molecule has 104 valence electrons. The first-order chi connectivity index (χ1) is 8.93. The Morgan fingerprint density at radius 1 is 1.32 bits per heavy atom. The van der Waals surface area contributed by atoms with Crippen molar-refractivity contribution in [3.05, 3.63) is 30.1 Å². The highest BCUT2D eigenvalue weighted by molar-refractivity contribution is 5.96. The zero-order chi connectivity index (χ0) is 14.5. The fraction of sp³-hybridized carbons (Fsp3) is 0.385. The second-order valence-electron chi connectivity index (χ2n) is 4.29. The third kappa shape index (κ3) is 3.67. The van der Waals surface area contributed by atoms with Crippen molar-refractivity contribution in [1.29, 1.82) is 5.41 Å². The van der Waals surface area contributed by atoms with Crippen molar-refractivity contribution in [2.75, 3.05) is 5.32 Å². The average Bonchev–Trinajstić information content (AvgIpc) is 2.38. The largest absolute Gasteiger partial charge is 0.386 e. The molecular weight excluding hydrogens is 247 g/mol. The zero-order valence-electron chi connectivity index (χ0n) is 11.1. The van der Waals surface area contributed by atoms with Crippen LogP contribution in [-0.2, 0) is 0 Å². The van der Waals surface area contributed by atoms with Gasteiger partial charge in [-0.3, -0.25) is 5.41 Å². The molecule has 0 saturated carbocycles. The van der Waals surface area contributed by atoms with Gasteiger partial charge in [0.1, 0.15) is 11.7 Å². The SMILES string of the molecule is CCC(CC)(NC(=O)Nc1ccc(F)cc1)C(=N)N. The molecule has 0 aliphatic heterocycles. The van der Waals surface area contributed by atoms with Crippen LogP contribution in [-0.4, -0.2) is 17.4 Å². The lowest BCUT2D eigenvalue weighted by atomic mass is 9.92. The normalized spacial score (nSPS) is 10.9. The number of benzene rings is 1. The number of carbonyl (C=O) groups is 1. The highest BCUT2D eigenvalue weighted by atomic mass is 19.1. The molecule has 5 N–H and O–H groups in total. The Hall–Kier alpha value is -2.11. The Bertz CT molecular complexity index is 454. The molecule has 0 heterocycles. The van der Waals surface area contributed by atoms with Crippen LogP contribution in [0, 0.1) is 11.2 Å². The Balaban J connectivity index is 2.73. The topological polar surface area (TPSA) is 91.0 Å². The van der Waals surface area contributed by atoms with Crippen LogP contribution in [0.3, 0.4) is 0 Å². The third-order valence-electron chi connectivity index (χ3n) is 3.18. The fourth-order valence-corrected chi connectivity index (χ4v) is 1.79. The number of amides is 2. The summed E-state index contributed by atoms with van der Waals surface area (Å²) in [6.07, 6.45) is 1.05. The number of rotatable bonds is 5. The van der Waals surface area contributed by atoms with E-state index in [2.05, 4.69) is 10.6 Å². The van der Waals surface area contributed by atoms with E-state index in [4.69, 9.17) is 11.1 Å². The van der Waals surface area contributed by atoms with Crippen molar-refractivity contribution in [2.24, 2.45) is 5.73 Å². The molecule has 1 rings (SSSR count). The summed E-state index contributed by atoms with van der Waals surface area (Å²) < 4.78 is 12.7. The Morgan fingerprint density at radius 2 is 1.84 bits per heavy atom. The minimum atomic E-state index is -0.843. The van der Waals surface area contributed by atoms with Gasteiger partial charge in [0, 0.05) is 5.69 Å². The van der Waals surface area contributed by atoms with Crippen LogP contribution in [0.1, 0.15) is 26.7 Å². The third-order valence-corrected chi connectivity index (χ3v) is 3.18. The summed E-state index contributed by atoms with van der Waals surface area (Å²) >= 11 is 0. The highest BCUT2D eigenvalue weighted by Gasteiger charge is 2.31. The molecule has 0 fully saturated rings. The van der Waals surface area contributed by atoms with Gasteiger partial charge in [0.2, 0.25) is 0 Å². The lowest BCUT2D eigenvalue weighted by molar-refractivity contribution is 0.243. The van der Waals surface area contributed by atoms with Crippen molar-refractivity contribution in [1.82, 2.24) is 5.32 Å². The van der Waals surface area contributed by atoms with Crippen LogP contribution >= 0.6 is 0 Å². The van der Waals surface area contributed by atoms with Gasteiger partial charge in [-0.05, 0) is 37.1 Å². The molecule has 0 aromatic heterocycles. The van der Waals surface area contributed by atoms with E-state index in [0.29, 0.717) is 18.5 Å². The molecule has 0 aliphatic rings. The maximum Gasteiger partial charge on any atom is 0.320 e. The first kappa shape index (κ1) is 14.9. The molecule has 2 amide bonds. The Kier molecular flexibility index (Phi) is 4.86. The van der Waals surface area contributed by atoms with Crippen LogP contribution in [0.4, 0.5) is 14.9 Å². The van der Waals surface area contributed by atoms with Gasteiger partial charge < -0.3 is 16.4 Å². The van der Waals surface area contributed by atoms with Gasteiger partial charge in [0.25, 0.3) is 0 Å². The van der Waals surface area contributed by atoms with E-state index >= 15 is 0 Å². The van der Waals surface area contributed by atoms with Crippen molar-refractivity contribution in [3.8, 4) is 0 Å². The Labute approximate surface area is 111 Å². The van der Waals surface area contributed by atoms with Crippen LogP contribution in [0.25, 0.3) is 0 Å². The number of hydrogen-bond donors (Lipinski definition) is 4. The Morgan fingerprint density at radius 3 is 2.26 bits per heavy atom. The summed E-state index contributed by atoms with van der Waals surface area (Å²) in [5.74, 6) is -0.446. The quantitative estimate of drug-likeness (QED) is 0.487. The number of halogens is 1. The maximum atomic E-state index is 12.7. The van der Waals surface area contributed by atoms with E-state index in [1.165, 1.54) is 24.3 Å². The van der Waals surface area contributed by atoms with Crippen molar-refractivity contribution in [3.63, 3.8) is 0 Å². The van der Waals surface area contributed by atoms with Crippen LogP contribution in [0.5, 0.6) is 0 Å². The molecule has 1 aromatic carbocycles. The standard InChI is InChI=1S/C13H19FN4O/c1-3-13(4-2,11(15)16)18-12(19)17-10-7-5-9(14)6-8-10/h5-8H,3-4H2,1-2H3,(H3,15,16)(H2,17,18,19). The molecule has 19 heavy (non-hydrogen) atoms. The number of carbonyl (C=O) groups excluding carboxylic acids is 1. The van der Waals surface area contributed by atoms with Gasteiger partial charge in [0.05, 0.1) is 5.54 Å². The highest BCUT2D eigenvalue weighted by Crippen LogP contribution is 2.15. The van der Waals surface area contributed by atoms with Crippen molar-refractivity contribution >= 4 is 17.6 Å². The number of nitrogens with one attached hydrogen (secondary N) is 3. The van der Waals surface area contributed by atoms with Gasteiger partial charge in [0.15, 0.2) is 0 Å². The fourth-order valence-electron chi connectivity index (χ4n) is 1.79. The first-order valence-electron chi connectivity index (χ1n) is 6.12. The maximum absolute atomic E-state index is 12.7. The number of anilines is 1. The van der Waals surface area contributed by atoms with Gasteiger partial charge in [-0.25, -0.2) is 9.18 Å². The molecule has 0 saturated heterocycles. The van der Waals surface area contributed by atoms with Crippen LogP contribution < -0.4 is 16.4 Å². The summed E-state index contributed by atoms with van der Waals surface area (Å²) in [6.45, 7) is 3.70. The molecule has 0 spiro atoms. The monoisotopic (exact) mass is 266 g/mol. The number of urea groups is 1. The lowest BCUT2D eigenvalue weighted by Crippen LogP contribution is -2.57. The molecule has 0 radical (unpaired) electrons. The molecule has 0 bridgehead atoms. The molecular formula is C13H19FN4O. The molecule has 0 atom stereocenters. The van der Waals surface area contributed by atoms with E-state index in [0.717, 1.165) is 0 Å². The second-order valence-corrected chi connectivity index (χ2v) is 4.29. The summed E-state index contributed by atoms with van der Waals surface area (Å²) in [5.41, 5.74) is 5.18. The molecule has 5 nitrogen and oxygen atoms in total. The smallest absolute Gasteiger partial charge is 0.320 e. The van der Waals surface area contributed by atoms with Gasteiger partial charge in [-0.15, -0.1) is 0 Å². The van der Waals surface area contributed by atoms with Gasteiger partial charge >= 0.3 is 6.03 Å². The summed E-state index contributed by atoms with van der Waals surface area (Å²) in [4.78, 5) is 11.9. The van der Waals surface area contributed by atoms with Crippen LogP contribution in [0.15, 0.2) is 24.3 Å². The first-order valence-corrected chi connectivity index (χ1v) is 6.12. The zero-order valence-corrected chi connectivity index (χ0v) is 11.1. The molecule has 0 unspecified atom stereocenters. The van der Waals surface area contributed by atoms with Crippen molar-refractivity contribution in [2.45, 2.75) is 32.2 Å². The van der Waals surface area contributed by atoms with Crippen molar-refractivity contribution < 1.29 is 9.18 Å². The average molecular weight is 266 g/mol. The number of amidine groups is 1. The predicted molar refractivity (Wildman–Crippen MR) is 73.8 cm³/mol. The van der Waals surface area contributed by atoms with E-state index in [1.54, 1.807) is 0 Å². The minimum absolute atomic E-state index is 0.0771. The van der Waals surface area contributed by atoms with E-state index in [9.17, 15) is 9.18 Å². The van der Waals surface area contributed by atoms with Gasteiger partial charge in [-0.2, -0.15) is 0 Å². The number of nitrogens with two attached hydrogens (primary N) is 1. The predicted octanol–water partition coefficient (Wildman–Crippen LogP) is 2.44. The molecule has 6 heteroatoms. The number of hydrogen-bond acceptors (Lipinski definition) is 2. The lowest BCUT2D eigenvalue weighted by Gasteiger charge is -2.31. The van der Waals surface area contributed by atoms with E-state index in [-0.39, 0.29) is 11.7 Å². The van der Waals surface area contributed by atoms with Gasteiger partial charge in [-0.1, -0.05) is 13.8 Å². The minimum Gasteiger partial charge on any atom is -0.386 e. The summed E-state index contributed by atoms with van der Waals surface area (Å²) in [6, 6.07) is 4.97. The molecule has 0 aliphatic carbocycles. The van der Waals surface area contributed by atoms with E-state index < -0.39 is 11.6 Å². The summed E-state index contributed by atoms with van der Waals surface area (Å²) in [7, 11) is 0. The second kappa shape index (κ2) is 6.17. The molecule has 1 aromatic rings. The summed E-state index contributed by atoms with van der Waals surface area (Å²) in [5, 5.41) is 12.9.